The van der Waals surface area contributed by atoms with E-state index in [1.54, 1.807) is 97.9 Å². The lowest BCUT2D eigenvalue weighted by atomic mass is 9.95. The first-order valence-corrected chi connectivity index (χ1v) is 11.5. The van der Waals surface area contributed by atoms with Gasteiger partial charge in [-0.05, 0) is 43.3 Å². The quantitative estimate of drug-likeness (QED) is 0.396. The van der Waals surface area contributed by atoms with Gasteiger partial charge in [0.05, 0.1) is 22.8 Å². The average Bonchev–Trinajstić information content (AvgIpc) is 2.92. The van der Waals surface area contributed by atoms with Gasteiger partial charge in [-0.25, -0.2) is 14.4 Å². The number of esters is 3. The number of rotatable bonds is 7. The summed E-state index contributed by atoms with van der Waals surface area (Å²) in [6, 6.07) is 24.9. The van der Waals surface area contributed by atoms with Crippen molar-refractivity contribution in [3.8, 4) is 0 Å². The van der Waals surface area contributed by atoms with Gasteiger partial charge in [0, 0.05) is 0 Å². The lowest BCUT2D eigenvalue weighted by Crippen LogP contribution is -2.60. The van der Waals surface area contributed by atoms with E-state index in [9.17, 15) is 19.5 Å². The summed E-state index contributed by atoms with van der Waals surface area (Å²) in [5.41, 5.74) is 0.907. The van der Waals surface area contributed by atoms with Gasteiger partial charge >= 0.3 is 17.9 Å². The molecule has 186 valence electrons. The van der Waals surface area contributed by atoms with E-state index in [0.717, 1.165) is 0 Å². The number of hydrogen-bond donors (Lipinski definition) is 1. The van der Waals surface area contributed by atoms with Gasteiger partial charge in [0.15, 0.2) is 12.2 Å². The molecular formula is C28H26O8. The van der Waals surface area contributed by atoms with Gasteiger partial charge in [0.1, 0.15) is 18.8 Å². The Morgan fingerprint density at radius 2 is 1.11 bits per heavy atom. The molecule has 1 aliphatic rings. The fourth-order valence-electron chi connectivity index (χ4n) is 3.91. The van der Waals surface area contributed by atoms with E-state index < -0.39 is 48.4 Å². The van der Waals surface area contributed by atoms with E-state index in [1.165, 1.54) is 0 Å². The molecule has 0 aliphatic carbocycles. The fraction of sp³-hybridized carbons (Fsp3) is 0.250. The second-order valence-corrected chi connectivity index (χ2v) is 8.31. The van der Waals surface area contributed by atoms with Crippen molar-refractivity contribution in [1.29, 1.82) is 0 Å². The predicted molar refractivity (Wildman–Crippen MR) is 128 cm³/mol. The summed E-state index contributed by atoms with van der Waals surface area (Å²) in [5.74, 6) is -1.95. The highest BCUT2D eigenvalue weighted by Gasteiger charge is 2.48. The first-order chi connectivity index (χ1) is 17.4. The molecular weight excluding hydrogens is 464 g/mol. The summed E-state index contributed by atoms with van der Waals surface area (Å²) >= 11 is 0. The minimum Gasteiger partial charge on any atom is -0.459 e. The molecule has 1 fully saturated rings. The molecule has 5 atom stereocenters. The number of carbonyl (C=O) groups excluding carboxylic acids is 3. The Hall–Kier alpha value is -4.01. The molecule has 36 heavy (non-hydrogen) atoms. The third-order valence-electron chi connectivity index (χ3n) is 5.79. The van der Waals surface area contributed by atoms with Crippen molar-refractivity contribution in [2.75, 3.05) is 6.61 Å². The van der Waals surface area contributed by atoms with E-state index in [2.05, 4.69) is 0 Å². The fourth-order valence-corrected chi connectivity index (χ4v) is 3.91. The monoisotopic (exact) mass is 490 g/mol. The minimum absolute atomic E-state index is 0.265. The maximum Gasteiger partial charge on any atom is 0.338 e. The van der Waals surface area contributed by atoms with Crippen molar-refractivity contribution in [2.24, 2.45) is 0 Å². The van der Waals surface area contributed by atoms with Crippen LogP contribution in [0.15, 0.2) is 91.0 Å². The van der Waals surface area contributed by atoms with Crippen molar-refractivity contribution in [3.63, 3.8) is 0 Å². The Kier molecular flexibility index (Phi) is 8.10. The van der Waals surface area contributed by atoms with Crippen LogP contribution in [0.1, 0.15) is 38.0 Å². The van der Waals surface area contributed by atoms with E-state index in [0.29, 0.717) is 11.1 Å². The molecule has 1 aliphatic heterocycles. The van der Waals surface area contributed by atoms with Crippen LogP contribution in [-0.4, -0.2) is 60.1 Å². The van der Waals surface area contributed by atoms with Gasteiger partial charge in [0.25, 0.3) is 0 Å². The molecule has 0 saturated carbocycles. The molecule has 0 amide bonds. The maximum atomic E-state index is 12.8. The Morgan fingerprint density at radius 1 is 0.694 bits per heavy atom. The van der Waals surface area contributed by atoms with Gasteiger partial charge in [-0.15, -0.1) is 0 Å². The Balaban J connectivity index is 1.52. The first kappa shape index (κ1) is 25.1. The number of aliphatic hydroxyl groups is 1. The van der Waals surface area contributed by atoms with Crippen LogP contribution in [0.25, 0.3) is 0 Å². The molecule has 8 nitrogen and oxygen atoms in total. The van der Waals surface area contributed by atoms with Crippen LogP contribution in [0.4, 0.5) is 0 Å². The van der Waals surface area contributed by atoms with Crippen molar-refractivity contribution in [2.45, 2.75) is 37.4 Å². The van der Waals surface area contributed by atoms with Crippen LogP contribution in [0.3, 0.4) is 0 Å². The summed E-state index contributed by atoms with van der Waals surface area (Å²) in [6.45, 7) is 1.33. The van der Waals surface area contributed by atoms with Gasteiger partial charge in [0.2, 0.25) is 0 Å². The highest BCUT2D eigenvalue weighted by Crippen LogP contribution is 2.28. The summed E-state index contributed by atoms with van der Waals surface area (Å²) in [7, 11) is 0. The third kappa shape index (κ3) is 5.97. The molecule has 0 radical (unpaired) electrons. The smallest absolute Gasteiger partial charge is 0.338 e. The molecule has 0 bridgehead atoms. The summed E-state index contributed by atoms with van der Waals surface area (Å²) in [5, 5.41) is 11.2. The molecule has 0 aromatic heterocycles. The van der Waals surface area contributed by atoms with Gasteiger partial charge in [-0.1, -0.05) is 54.6 Å². The number of hydrogen-bond acceptors (Lipinski definition) is 8. The van der Waals surface area contributed by atoms with Crippen molar-refractivity contribution in [3.05, 3.63) is 108 Å². The number of carbonyl (C=O) groups is 3. The second kappa shape index (κ2) is 11.6. The Bertz CT molecular complexity index is 1160. The zero-order valence-corrected chi connectivity index (χ0v) is 19.6. The molecule has 1 heterocycles. The van der Waals surface area contributed by atoms with Crippen LogP contribution in [0, 0.1) is 0 Å². The standard InChI is InChI=1S/C28H26O8/c1-18-24(35-27(31)20-13-7-3-8-14-20)23(29)25(36-28(32)21-15-9-4-10-16-21)22(34-18)17-33-26(30)19-11-5-2-6-12-19/h2-16,18,22-25,29H,17H2,1H3/t18-,22?,23+,24?,25+/m0/s1. The lowest BCUT2D eigenvalue weighted by Gasteiger charge is -2.42. The lowest BCUT2D eigenvalue weighted by molar-refractivity contribution is -0.224. The highest BCUT2D eigenvalue weighted by atomic mass is 16.6. The topological polar surface area (TPSA) is 108 Å². The summed E-state index contributed by atoms with van der Waals surface area (Å²) in [6.07, 6.45) is -5.62. The van der Waals surface area contributed by atoms with Crippen LogP contribution < -0.4 is 0 Å². The molecule has 1 saturated heterocycles. The normalized spacial score (nSPS) is 23.3. The van der Waals surface area contributed by atoms with Gasteiger partial charge in [-0.3, -0.25) is 0 Å². The first-order valence-electron chi connectivity index (χ1n) is 11.5. The molecule has 0 spiro atoms. The van der Waals surface area contributed by atoms with E-state index in [4.69, 9.17) is 18.9 Å². The summed E-state index contributed by atoms with van der Waals surface area (Å²) in [4.78, 5) is 37.9. The molecule has 3 aromatic carbocycles. The van der Waals surface area contributed by atoms with Crippen LogP contribution in [0.5, 0.6) is 0 Å². The van der Waals surface area contributed by atoms with E-state index in [1.807, 2.05) is 0 Å². The molecule has 3 aromatic rings. The molecule has 4 rings (SSSR count). The molecule has 2 unspecified atom stereocenters. The average molecular weight is 491 g/mol. The zero-order valence-electron chi connectivity index (χ0n) is 19.6. The highest BCUT2D eigenvalue weighted by molar-refractivity contribution is 5.90. The van der Waals surface area contributed by atoms with Gasteiger partial charge < -0.3 is 24.1 Å². The van der Waals surface area contributed by atoms with E-state index in [-0.39, 0.29) is 12.2 Å². The maximum absolute atomic E-state index is 12.8. The van der Waals surface area contributed by atoms with E-state index >= 15 is 0 Å². The third-order valence-corrected chi connectivity index (χ3v) is 5.79. The molecule has 8 heteroatoms. The molecule has 1 N–H and O–H groups in total. The number of benzene rings is 3. The predicted octanol–water partition coefficient (Wildman–Crippen LogP) is 3.44. The van der Waals surface area contributed by atoms with Gasteiger partial charge in [-0.2, -0.15) is 0 Å². The Labute approximate surface area is 208 Å². The Morgan fingerprint density at radius 3 is 1.58 bits per heavy atom. The largest absolute Gasteiger partial charge is 0.459 e. The zero-order chi connectivity index (χ0) is 25.5. The number of ether oxygens (including phenoxy) is 4. The van der Waals surface area contributed by atoms with Crippen LogP contribution >= 0.6 is 0 Å². The second-order valence-electron chi connectivity index (χ2n) is 8.31. The van der Waals surface area contributed by atoms with Crippen LogP contribution in [-0.2, 0) is 18.9 Å². The van der Waals surface area contributed by atoms with Crippen molar-refractivity contribution >= 4 is 17.9 Å². The summed E-state index contributed by atoms with van der Waals surface area (Å²) < 4.78 is 22.5. The minimum atomic E-state index is -1.44. The SMILES string of the molecule is C[C@@H]1OC(COC(=O)c2ccccc2)[C@@H](OC(=O)c2ccccc2)[C@H](O)C1OC(=O)c1ccccc1. The van der Waals surface area contributed by atoms with Crippen molar-refractivity contribution in [1.82, 2.24) is 0 Å². The van der Waals surface area contributed by atoms with Crippen LogP contribution in [0.2, 0.25) is 0 Å². The van der Waals surface area contributed by atoms with Crippen molar-refractivity contribution < 1.29 is 38.4 Å². The number of aliphatic hydroxyl groups excluding tert-OH is 1.